The Hall–Kier alpha value is -2.31. The van der Waals surface area contributed by atoms with E-state index in [9.17, 15) is 9.59 Å². The highest BCUT2D eigenvalue weighted by atomic mass is 16.6. The van der Waals surface area contributed by atoms with Crippen LogP contribution in [0.3, 0.4) is 0 Å². The second kappa shape index (κ2) is 7.72. The van der Waals surface area contributed by atoms with E-state index in [0.717, 1.165) is 12.1 Å². The van der Waals surface area contributed by atoms with E-state index in [0.29, 0.717) is 13.1 Å². The van der Waals surface area contributed by atoms with Gasteiger partial charge in [0.1, 0.15) is 5.60 Å². The Balaban J connectivity index is 1.86. The zero-order valence-corrected chi connectivity index (χ0v) is 15.7. The van der Waals surface area contributed by atoms with Crippen molar-refractivity contribution in [1.82, 2.24) is 20.1 Å². The van der Waals surface area contributed by atoms with Crippen LogP contribution in [0.2, 0.25) is 0 Å². The van der Waals surface area contributed by atoms with Gasteiger partial charge in [-0.1, -0.05) is 6.07 Å². The van der Waals surface area contributed by atoms with E-state index in [1.54, 1.807) is 23.0 Å². The molecule has 2 rings (SSSR count). The number of amides is 3. The van der Waals surface area contributed by atoms with Crippen LogP contribution in [0.25, 0.3) is 0 Å². The Labute approximate surface area is 149 Å². The third-order valence-corrected chi connectivity index (χ3v) is 4.18. The molecule has 7 nitrogen and oxygen atoms in total. The molecule has 0 radical (unpaired) electrons. The molecule has 25 heavy (non-hydrogen) atoms. The average Bonchev–Trinajstić information content (AvgIpc) is 3.01. The van der Waals surface area contributed by atoms with Gasteiger partial charge in [0, 0.05) is 32.4 Å². The van der Waals surface area contributed by atoms with Gasteiger partial charge in [-0.2, -0.15) is 0 Å². The lowest BCUT2D eigenvalue weighted by Crippen LogP contribution is -2.45. The molecule has 1 saturated heterocycles. The molecule has 1 aliphatic heterocycles. The number of pyridine rings is 1. The molecule has 0 bridgehead atoms. The maximum atomic E-state index is 12.5. The quantitative estimate of drug-likeness (QED) is 0.911. The van der Waals surface area contributed by atoms with Crippen molar-refractivity contribution >= 4 is 12.1 Å². The normalized spacial score (nSPS) is 18.6. The van der Waals surface area contributed by atoms with Gasteiger partial charge < -0.3 is 19.9 Å². The molecule has 138 valence electrons. The van der Waals surface area contributed by atoms with Crippen LogP contribution >= 0.6 is 0 Å². The third kappa shape index (κ3) is 5.34. The largest absolute Gasteiger partial charge is 0.444 e. The lowest BCUT2D eigenvalue weighted by atomic mass is 10.2. The third-order valence-electron chi connectivity index (χ3n) is 4.18. The highest BCUT2D eigenvalue weighted by molar-refractivity contribution is 5.75. The van der Waals surface area contributed by atoms with Crippen molar-refractivity contribution in [3.05, 3.63) is 30.1 Å². The van der Waals surface area contributed by atoms with Crippen LogP contribution in [0.15, 0.2) is 24.4 Å². The first-order chi connectivity index (χ1) is 11.7. The number of hydrogen-bond acceptors (Lipinski definition) is 4. The molecule has 1 aromatic heterocycles. The molecule has 2 heterocycles. The molecule has 0 unspecified atom stereocenters. The molecule has 3 amide bonds. The highest BCUT2D eigenvalue weighted by Crippen LogP contribution is 2.18. The summed E-state index contributed by atoms with van der Waals surface area (Å²) in [5.74, 6) is 0. The molecule has 2 atom stereocenters. The number of nitrogens with one attached hydrogen (secondary N) is 1. The van der Waals surface area contributed by atoms with Crippen molar-refractivity contribution in [2.24, 2.45) is 0 Å². The van der Waals surface area contributed by atoms with Crippen molar-refractivity contribution < 1.29 is 14.3 Å². The molecule has 7 heteroatoms. The Kier molecular flexibility index (Phi) is 5.87. The zero-order valence-electron chi connectivity index (χ0n) is 15.7. The number of rotatable bonds is 3. The van der Waals surface area contributed by atoms with Gasteiger partial charge in [0.05, 0.1) is 11.7 Å². The standard InChI is InChI=1S/C18H28N4O3/c1-13(15-8-6-7-10-19-15)21(5)16(23)20-14-9-11-22(12-14)17(24)25-18(2,3)4/h6-8,10,13-14H,9,11-12H2,1-5H3,(H,20,23)/t13-,14+/m1/s1. The Morgan fingerprint density at radius 1 is 1.40 bits per heavy atom. The molecule has 1 N–H and O–H groups in total. The van der Waals surface area contributed by atoms with Gasteiger partial charge in [-0.25, -0.2) is 9.59 Å². The van der Waals surface area contributed by atoms with Gasteiger partial charge in [-0.05, 0) is 46.2 Å². The number of ether oxygens (including phenoxy) is 1. The van der Waals surface area contributed by atoms with E-state index in [1.165, 1.54) is 0 Å². The fourth-order valence-electron chi connectivity index (χ4n) is 2.64. The van der Waals surface area contributed by atoms with E-state index in [2.05, 4.69) is 10.3 Å². The van der Waals surface area contributed by atoms with Crippen LogP contribution in [-0.2, 0) is 4.74 Å². The number of likely N-dealkylation sites (tertiary alicyclic amines) is 1. The lowest BCUT2D eigenvalue weighted by Gasteiger charge is -2.27. The van der Waals surface area contributed by atoms with Crippen molar-refractivity contribution in [2.75, 3.05) is 20.1 Å². The summed E-state index contributed by atoms with van der Waals surface area (Å²) in [6.45, 7) is 8.51. The Bertz CT molecular complexity index is 600. The van der Waals surface area contributed by atoms with Crippen molar-refractivity contribution in [1.29, 1.82) is 0 Å². The smallest absolute Gasteiger partial charge is 0.410 e. The van der Waals surface area contributed by atoms with Gasteiger partial charge >= 0.3 is 12.1 Å². The summed E-state index contributed by atoms with van der Waals surface area (Å²) < 4.78 is 5.37. The summed E-state index contributed by atoms with van der Waals surface area (Å²) in [5, 5.41) is 2.99. The minimum absolute atomic E-state index is 0.0709. The number of hydrogen-bond donors (Lipinski definition) is 1. The summed E-state index contributed by atoms with van der Waals surface area (Å²) >= 11 is 0. The average molecular weight is 348 g/mol. The molecular weight excluding hydrogens is 320 g/mol. The fraction of sp³-hybridized carbons (Fsp3) is 0.611. The first kappa shape index (κ1) is 19.0. The predicted octanol–water partition coefficient (Wildman–Crippen LogP) is 2.79. The number of urea groups is 1. The second-order valence-corrected chi connectivity index (χ2v) is 7.40. The van der Waals surface area contributed by atoms with Gasteiger partial charge in [0.2, 0.25) is 0 Å². The van der Waals surface area contributed by atoms with E-state index < -0.39 is 5.60 Å². The summed E-state index contributed by atoms with van der Waals surface area (Å²) in [7, 11) is 1.75. The summed E-state index contributed by atoms with van der Waals surface area (Å²) in [6.07, 6.45) is 2.10. The monoisotopic (exact) mass is 348 g/mol. The van der Waals surface area contributed by atoms with Gasteiger partial charge in [-0.3, -0.25) is 4.98 Å². The molecule has 0 saturated carbocycles. The van der Waals surface area contributed by atoms with Gasteiger partial charge in [0.25, 0.3) is 0 Å². The van der Waals surface area contributed by atoms with Crippen molar-refractivity contribution in [2.45, 2.75) is 51.8 Å². The summed E-state index contributed by atoms with van der Waals surface area (Å²) in [6, 6.07) is 5.27. The number of aromatic nitrogens is 1. The maximum absolute atomic E-state index is 12.5. The minimum Gasteiger partial charge on any atom is -0.444 e. The number of carbonyl (C=O) groups is 2. The molecular formula is C18H28N4O3. The van der Waals surface area contributed by atoms with Gasteiger partial charge in [-0.15, -0.1) is 0 Å². The van der Waals surface area contributed by atoms with Crippen LogP contribution in [0.4, 0.5) is 9.59 Å². The fourth-order valence-corrected chi connectivity index (χ4v) is 2.64. The summed E-state index contributed by atoms with van der Waals surface area (Å²) in [4.78, 5) is 32.1. The first-order valence-electron chi connectivity index (χ1n) is 8.59. The predicted molar refractivity (Wildman–Crippen MR) is 95.2 cm³/mol. The van der Waals surface area contributed by atoms with Crippen LogP contribution in [0, 0.1) is 0 Å². The van der Waals surface area contributed by atoms with Crippen LogP contribution in [0.5, 0.6) is 0 Å². The summed E-state index contributed by atoms with van der Waals surface area (Å²) in [5.41, 5.74) is 0.318. The minimum atomic E-state index is -0.517. The van der Waals surface area contributed by atoms with Crippen LogP contribution < -0.4 is 5.32 Å². The van der Waals surface area contributed by atoms with Gasteiger partial charge in [0.15, 0.2) is 0 Å². The molecule has 1 aliphatic rings. The Morgan fingerprint density at radius 3 is 2.72 bits per heavy atom. The maximum Gasteiger partial charge on any atom is 0.410 e. The molecule has 1 fully saturated rings. The van der Waals surface area contributed by atoms with Crippen LogP contribution in [-0.4, -0.2) is 58.7 Å². The number of nitrogens with zero attached hydrogens (tertiary/aromatic N) is 3. The number of carbonyl (C=O) groups excluding carboxylic acids is 2. The molecule has 0 aliphatic carbocycles. The Morgan fingerprint density at radius 2 is 2.12 bits per heavy atom. The first-order valence-corrected chi connectivity index (χ1v) is 8.59. The van der Waals surface area contributed by atoms with E-state index in [-0.39, 0.29) is 24.2 Å². The van der Waals surface area contributed by atoms with Crippen molar-refractivity contribution in [3.8, 4) is 0 Å². The second-order valence-electron chi connectivity index (χ2n) is 7.40. The molecule has 0 spiro atoms. The van der Waals surface area contributed by atoms with E-state index >= 15 is 0 Å². The topological polar surface area (TPSA) is 74.8 Å². The van der Waals surface area contributed by atoms with E-state index in [1.807, 2.05) is 45.9 Å². The highest BCUT2D eigenvalue weighted by Gasteiger charge is 2.31. The van der Waals surface area contributed by atoms with Crippen molar-refractivity contribution in [3.63, 3.8) is 0 Å². The zero-order chi connectivity index (χ0) is 18.6. The van der Waals surface area contributed by atoms with Crippen LogP contribution in [0.1, 0.15) is 45.9 Å². The molecule has 0 aromatic carbocycles. The molecule has 1 aromatic rings. The SMILES string of the molecule is C[C@H](c1ccccn1)N(C)C(=O)N[C@H]1CCN(C(=O)OC(C)(C)C)C1. The lowest BCUT2D eigenvalue weighted by molar-refractivity contribution is 0.0291. The van der Waals surface area contributed by atoms with E-state index in [4.69, 9.17) is 4.74 Å².